The van der Waals surface area contributed by atoms with Gasteiger partial charge in [0.05, 0.1) is 0 Å². The summed E-state index contributed by atoms with van der Waals surface area (Å²) in [7, 11) is -1.62. The van der Waals surface area contributed by atoms with E-state index in [9.17, 15) is 14.7 Å². The van der Waals surface area contributed by atoms with Gasteiger partial charge in [0.2, 0.25) is 0 Å². The van der Waals surface area contributed by atoms with Gasteiger partial charge in [-0.3, -0.25) is 4.79 Å². The molecule has 0 unspecified atom stereocenters. The number of hydrogen-bond donors (Lipinski definition) is 5. The van der Waals surface area contributed by atoms with Crippen LogP contribution in [0.1, 0.15) is 20.7 Å². The van der Waals surface area contributed by atoms with Crippen LogP contribution >= 0.6 is 0 Å². The topological polar surface area (TPSA) is 127 Å². The number of aromatic hydroxyl groups is 1. The van der Waals surface area contributed by atoms with E-state index >= 15 is 0 Å². The summed E-state index contributed by atoms with van der Waals surface area (Å²) in [6.07, 6.45) is 0. The number of carbonyl (C=O) groups is 2. The molecule has 0 radical (unpaired) electrons. The number of rotatable bonds is 4. The van der Waals surface area contributed by atoms with Gasteiger partial charge in [0.15, 0.2) is 0 Å². The van der Waals surface area contributed by atoms with Crippen LogP contribution in [0.2, 0.25) is 0 Å². The lowest BCUT2D eigenvalue weighted by Gasteiger charge is -2.08. The Bertz CT molecular complexity index is 714. The number of carboxylic acids is 1. The van der Waals surface area contributed by atoms with Crippen molar-refractivity contribution in [3.63, 3.8) is 0 Å². The fourth-order valence-electron chi connectivity index (χ4n) is 1.79. The quantitative estimate of drug-likeness (QED) is 0.400. The Morgan fingerprint density at radius 3 is 2.18 bits per heavy atom. The molecule has 0 aliphatic rings. The van der Waals surface area contributed by atoms with Gasteiger partial charge in [-0.15, -0.1) is 0 Å². The molecule has 2 aromatic carbocycles. The van der Waals surface area contributed by atoms with E-state index in [2.05, 4.69) is 5.32 Å². The third-order valence-electron chi connectivity index (χ3n) is 2.96. The van der Waals surface area contributed by atoms with Crippen molar-refractivity contribution < 1.29 is 29.9 Å². The van der Waals surface area contributed by atoms with Gasteiger partial charge in [-0.1, -0.05) is 12.1 Å². The first-order valence-corrected chi connectivity index (χ1v) is 6.22. The van der Waals surface area contributed by atoms with Crippen LogP contribution < -0.4 is 10.8 Å². The van der Waals surface area contributed by atoms with E-state index in [0.29, 0.717) is 0 Å². The third kappa shape index (κ3) is 3.43. The number of aromatic carboxylic acids is 1. The molecule has 112 valence electrons. The van der Waals surface area contributed by atoms with Crippen LogP contribution in [-0.2, 0) is 0 Å². The highest BCUT2D eigenvalue weighted by atomic mass is 16.4. The fraction of sp³-hybridized carbons (Fsp3) is 0. The Hall–Kier alpha value is -2.84. The second-order valence-electron chi connectivity index (χ2n) is 4.49. The number of carbonyl (C=O) groups excluding carboxylic acids is 1. The Morgan fingerprint density at radius 2 is 1.64 bits per heavy atom. The van der Waals surface area contributed by atoms with Crippen molar-refractivity contribution in [3.8, 4) is 5.75 Å². The Kier molecular flexibility index (Phi) is 4.45. The van der Waals surface area contributed by atoms with Gasteiger partial charge in [0.1, 0.15) is 11.3 Å². The predicted octanol–water partition coefficient (Wildman–Crippen LogP) is 0.0225. The summed E-state index contributed by atoms with van der Waals surface area (Å²) >= 11 is 0. The second kappa shape index (κ2) is 6.29. The molecule has 0 aliphatic heterocycles. The molecule has 2 aromatic rings. The van der Waals surface area contributed by atoms with Crippen LogP contribution in [0.25, 0.3) is 0 Å². The first kappa shape index (κ1) is 15.6. The molecule has 0 saturated heterocycles. The molecule has 0 saturated carbocycles. The minimum absolute atomic E-state index is 0.214. The third-order valence-corrected chi connectivity index (χ3v) is 2.96. The summed E-state index contributed by atoms with van der Waals surface area (Å²) in [6.45, 7) is 0. The average molecular weight is 301 g/mol. The largest absolute Gasteiger partial charge is 0.507 e. The van der Waals surface area contributed by atoms with E-state index in [1.54, 1.807) is 0 Å². The molecule has 0 atom stereocenters. The summed E-state index contributed by atoms with van der Waals surface area (Å²) in [5.41, 5.74) is 0.395. The molecule has 0 spiro atoms. The zero-order valence-corrected chi connectivity index (χ0v) is 11.2. The van der Waals surface area contributed by atoms with Crippen LogP contribution in [-0.4, -0.2) is 39.3 Å². The minimum atomic E-state index is -1.62. The van der Waals surface area contributed by atoms with Crippen molar-refractivity contribution in [1.82, 2.24) is 0 Å². The SMILES string of the molecule is O=C(Nc1ccc(O)c(C(=O)O)c1)c1ccc(B(O)O)cc1. The molecule has 0 fully saturated rings. The molecule has 0 heterocycles. The summed E-state index contributed by atoms with van der Waals surface area (Å²) in [5.74, 6) is -2.21. The molecule has 8 heteroatoms. The number of amides is 1. The summed E-state index contributed by atoms with van der Waals surface area (Å²) in [6, 6.07) is 9.26. The maximum absolute atomic E-state index is 12.0. The minimum Gasteiger partial charge on any atom is -0.507 e. The summed E-state index contributed by atoms with van der Waals surface area (Å²) < 4.78 is 0. The zero-order valence-electron chi connectivity index (χ0n) is 11.2. The molecule has 1 amide bonds. The van der Waals surface area contributed by atoms with Crippen molar-refractivity contribution in [1.29, 1.82) is 0 Å². The number of phenols is 1. The fourth-order valence-corrected chi connectivity index (χ4v) is 1.79. The molecular formula is C14H12BNO6. The highest BCUT2D eigenvalue weighted by Crippen LogP contribution is 2.21. The van der Waals surface area contributed by atoms with E-state index in [1.165, 1.54) is 36.4 Å². The lowest BCUT2D eigenvalue weighted by Crippen LogP contribution is -2.29. The molecular weight excluding hydrogens is 289 g/mol. The average Bonchev–Trinajstić information content (AvgIpc) is 2.49. The van der Waals surface area contributed by atoms with Gasteiger partial charge in [-0.05, 0) is 35.8 Å². The van der Waals surface area contributed by atoms with Gasteiger partial charge in [-0.2, -0.15) is 0 Å². The Morgan fingerprint density at radius 1 is 1.00 bits per heavy atom. The summed E-state index contributed by atoms with van der Waals surface area (Å²) in [5, 5.41) is 38.7. The number of carboxylic acid groups (broad SMARTS) is 1. The van der Waals surface area contributed by atoms with Crippen molar-refractivity contribution in [2.75, 3.05) is 5.32 Å². The number of anilines is 1. The van der Waals surface area contributed by atoms with Crippen LogP contribution in [0.5, 0.6) is 5.75 Å². The van der Waals surface area contributed by atoms with E-state index in [1.807, 2.05) is 0 Å². The highest BCUT2D eigenvalue weighted by Gasteiger charge is 2.14. The number of benzene rings is 2. The van der Waals surface area contributed by atoms with Crippen LogP contribution in [0.4, 0.5) is 5.69 Å². The molecule has 2 rings (SSSR count). The molecule has 7 nitrogen and oxygen atoms in total. The van der Waals surface area contributed by atoms with Gasteiger partial charge in [0, 0.05) is 11.3 Å². The van der Waals surface area contributed by atoms with Gasteiger partial charge < -0.3 is 25.6 Å². The smallest absolute Gasteiger partial charge is 0.488 e. The Balaban J connectivity index is 2.18. The lowest BCUT2D eigenvalue weighted by atomic mass is 9.80. The monoisotopic (exact) mass is 301 g/mol. The van der Waals surface area contributed by atoms with Crippen LogP contribution in [0, 0.1) is 0 Å². The van der Waals surface area contributed by atoms with E-state index in [0.717, 1.165) is 6.07 Å². The maximum atomic E-state index is 12.0. The lowest BCUT2D eigenvalue weighted by molar-refractivity contribution is 0.0693. The van der Waals surface area contributed by atoms with Gasteiger partial charge in [0.25, 0.3) is 5.91 Å². The van der Waals surface area contributed by atoms with Crippen molar-refractivity contribution in [3.05, 3.63) is 53.6 Å². The van der Waals surface area contributed by atoms with Crippen LogP contribution in [0.3, 0.4) is 0 Å². The van der Waals surface area contributed by atoms with E-state index in [4.69, 9.17) is 15.2 Å². The van der Waals surface area contributed by atoms with Gasteiger partial charge in [-0.25, -0.2) is 4.79 Å². The van der Waals surface area contributed by atoms with Crippen molar-refractivity contribution in [2.24, 2.45) is 0 Å². The first-order chi connectivity index (χ1) is 10.4. The van der Waals surface area contributed by atoms with Crippen molar-refractivity contribution >= 4 is 30.1 Å². The van der Waals surface area contributed by atoms with Crippen LogP contribution in [0.15, 0.2) is 42.5 Å². The maximum Gasteiger partial charge on any atom is 0.488 e. The van der Waals surface area contributed by atoms with Gasteiger partial charge >= 0.3 is 13.1 Å². The van der Waals surface area contributed by atoms with E-state index in [-0.39, 0.29) is 22.3 Å². The second-order valence-corrected chi connectivity index (χ2v) is 4.49. The predicted molar refractivity (Wildman–Crippen MR) is 79.3 cm³/mol. The first-order valence-electron chi connectivity index (χ1n) is 6.22. The number of nitrogens with one attached hydrogen (secondary N) is 1. The standard InChI is InChI=1S/C14H12BNO6/c17-12-6-5-10(7-11(12)14(19)20)16-13(18)8-1-3-9(4-2-8)15(21)22/h1-7,17,21-22H,(H,16,18)(H,19,20). The molecule has 0 bridgehead atoms. The molecule has 0 aliphatic carbocycles. The highest BCUT2D eigenvalue weighted by molar-refractivity contribution is 6.58. The Labute approximate surface area is 125 Å². The van der Waals surface area contributed by atoms with E-state index < -0.39 is 24.7 Å². The zero-order chi connectivity index (χ0) is 16.3. The molecule has 22 heavy (non-hydrogen) atoms. The summed E-state index contributed by atoms with van der Waals surface area (Å²) in [4.78, 5) is 22.9. The van der Waals surface area contributed by atoms with Crippen molar-refractivity contribution in [2.45, 2.75) is 0 Å². The molecule has 5 N–H and O–H groups in total. The normalized spacial score (nSPS) is 10.1. The molecule has 0 aromatic heterocycles. The number of hydrogen-bond acceptors (Lipinski definition) is 5.